The van der Waals surface area contributed by atoms with Crippen LogP contribution in [0.3, 0.4) is 0 Å². The van der Waals surface area contributed by atoms with Crippen LogP contribution in [-0.4, -0.2) is 29.7 Å². The number of rotatable bonds is 6. The normalized spacial score (nSPS) is 31.7. The van der Waals surface area contributed by atoms with E-state index in [-0.39, 0.29) is 0 Å². The molecule has 0 aromatic heterocycles. The smallest absolute Gasteiger partial charge is 0.323 e. The molecule has 2 N–H and O–H groups in total. The highest BCUT2D eigenvalue weighted by molar-refractivity contribution is 5.79. The standard InChI is InChI=1S/C12H20N4O2/c13-16-15-7-6-14-12(11(17)18)5-1-2-10(8-12)9-3-4-9/h9-10,14H,1-8H2,(H,17,18). The quantitative estimate of drug-likeness (QED) is 0.328. The third-order valence-electron chi connectivity index (χ3n) is 4.23. The van der Waals surface area contributed by atoms with Crippen molar-refractivity contribution in [3.8, 4) is 0 Å². The minimum Gasteiger partial charge on any atom is -0.480 e. The number of nitrogens with one attached hydrogen (secondary N) is 1. The Balaban J connectivity index is 1.96. The van der Waals surface area contributed by atoms with E-state index in [1.165, 1.54) is 12.8 Å². The van der Waals surface area contributed by atoms with Crippen molar-refractivity contribution in [2.45, 2.75) is 44.1 Å². The molecule has 2 aliphatic carbocycles. The number of nitrogens with zero attached hydrogens (tertiary/aromatic N) is 3. The first kappa shape index (κ1) is 13.2. The van der Waals surface area contributed by atoms with Crippen LogP contribution in [0.15, 0.2) is 5.11 Å². The monoisotopic (exact) mass is 252 g/mol. The van der Waals surface area contributed by atoms with Gasteiger partial charge in [0.2, 0.25) is 0 Å². The lowest BCUT2D eigenvalue weighted by Crippen LogP contribution is -2.55. The fraction of sp³-hybridized carbons (Fsp3) is 0.917. The van der Waals surface area contributed by atoms with Crippen LogP contribution < -0.4 is 5.32 Å². The molecule has 2 unspecified atom stereocenters. The van der Waals surface area contributed by atoms with E-state index in [2.05, 4.69) is 15.3 Å². The fourth-order valence-electron chi connectivity index (χ4n) is 3.11. The van der Waals surface area contributed by atoms with Gasteiger partial charge >= 0.3 is 5.97 Å². The molecule has 2 rings (SSSR count). The molecular weight excluding hydrogens is 232 g/mol. The van der Waals surface area contributed by atoms with E-state index in [9.17, 15) is 9.90 Å². The summed E-state index contributed by atoms with van der Waals surface area (Å²) in [7, 11) is 0. The SMILES string of the molecule is [N-]=[N+]=NCCNC1(C(=O)O)CCCC(C2CC2)C1. The van der Waals surface area contributed by atoms with Gasteiger partial charge in [-0.25, -0.2) is 0 Å². The van der Waals surface area contributed by atoms with E-state index in [0.29, 0.717) is 25.4 Å². The Bertz CT molecular complexity index is 363. The van der Waals surface area contributed by atoms with Crippen LogP contribution in [-0.2, 0) is 4.79 Å². The van der Waals surface area contributed by atoms with Crippen molar-refractivity contribution in [2.24, 2.45) is 17.0 Å². The summed E-state index contributed by atoms with van der Waals surface area (Å²) in [5.41, 5.74) is 7.42. The Morgan fingerprint density at radius 2 is 2.22 bits per heavy atom. The molecule has 0 saturated heterocycles. The zero-order valence-corrected chi connectivity index (χ0v) is 10.5. The first-order chi connectivity index (χ1) is 8.68. The number of carboxylic acids is 1. The largest absolute Gasteiger partial charge is 0.480 e. The van der Waals surface area contributed by atoms with Crippen molar-refractivity contribution in [1.82, 2.24) is 5.32 Å². The summed E-state index contributed by atoms with van der Waals surface area (Å²) in [5.74, 6) is 0.554. The van der Waals surface area contributed by atoms with Crippen LogP contribution in [0.25, 0.3) is 10.4 Å². The maximum absolute atomic E-state index is 11.6. The maximum atomic E-state index is 11.6. The first-order valence-corrected chi connectivity index (χ1v) is 6.67. The molecule has 0 aromatic carbocycles. The summed E-state index contributed by atoms with van der Waals surface area (Å²) in [6, 6.07) is 0. The molecular formula is C12H20N4O2. The van der Waals surface area contributed by atoms with Gasteiger partial charge < -0.3 is 10.4 Å². The molecule has 6 heteroatoms. The van der Waals surface area contributed by atoms with Crippen LogP contribution in [0, 0.1) is 11.8 Å². The summed E-state index contributed by atoms with van der Waals surface area (Å²) in [6.07, 6.45) is 6.07. The van der Waals surface area contributed by atoms with Gasteiger partial charge in [-0.05, 0) is 43.1 Å². The van der Waals surface area contributed by atoms with Gasteiger partial charge in [0.1, 0.15) is 5.54 Å². The second kappa shape index (κ2) is 5.59. The molecule has 6 nitrogen and oxygen atoms in total. The van der Waals surface area contributed by atoms with Crippen molar-refractivity contribution >= 4 is 5.97 Å². The van der Waals surface area contributed by atoms with Gasteiger partial charge in [0.25, 0.3) is 0 Å². The Labute approximate surface area is 106 Å². The molecule has 0 radical (unpaired) electrons. The molecule has 0 aromatic rings. The predicted octanol–water partition coefficient (Wildman–Crippen LogP) is 2.31. The zero-order chi connectivity index (χ0) is 13.0. The molecule has 0 bridgehead atoms. The second-order valence-electron chi connectivity index (χ2n) is 5.46. The van der Waals surface area contributed by atoms with E-state index < -0.39 is 11.5 Å². The highest BCUT2D eigenvalue weighted by Crippen LogP contribution is 2.46. The lowest BCUT2D eigenvalue weighted by atomic mass is 9.73. The van der Waals surface area contributed by atoms with Gasteiger partial charge in [-0.15, -0.1) is 0 Å². The first-order valence-electron chi connectivity index (χ1n) is 6.67. The number of hydrogen-bond acceptors (Lipinski definition) is 3. The molecule has 0 heterocycles. The number of azide groups is 1. The van der Waals surface area contributed by atoms with Crippen LogP contribution in [0.5, 0.6) is 0 Å². The Hall–Kier alpha value is -1.26. The van der Waals surface area contributed by atoms with Crippen molar-refractivity contribution in [3.05, 3.63) is 10.4 Å². The topological polar surface area (TPSA) is 98.1 Å². The minimum atomic E-state index is -0.795. The number of hydrogen-bond donors (Lipinski definition) is 2. The number of carbonyl (C=O) groups is 1. The van der Waals surface area contributed by atoms with E-state index in [1.807, 2.05) is 0 Å². The van der Waals surface area contributed by atoms with Crippen LogP contribution in [0.1, 0.15) is 38.5 Å². The molecule has 0 spiro atoms. The van der Waals surface area contributed by atoms with Crippen molar-refractivity contribution < 1.29 is 9.90 Å². The van der Waals surface area contributed by atoms with E-state index in [0.717, 1.165) is 25.2 Å². The molecule has 0 amide bonds. The highest BCUT2D eigenvalue weighted by atomic mass is 16.4. The lowest BCUT2D eigenvalue weighted by Gasteiger charge is -2.38. The summed E-state index contributed by atoms with van der Waals surface area (Å²) >= 11 is 0. The van der Waals surface area contributed by atoms with Crippen LogP contribution in [0.2, 0.25) is 0 Å². The molecule has 2 saturated carbocycles. The van der Waals surface area contributed by atoms with Gasteiger partial charge in [-0.2, -0.15) is 0 Å². The third kappa shape index (κ3) is 2.94. The Morgan fingerprint density at radius 3 is 2.83 bits per heavy atom. The van der Waals surface area contributed by atoms with E-state index >= 15 is 0 Å². The average molecular weight is 252 g/mol. The maximum Gasteiger partial charge on any atom is 0.323 e. The van der Waals surface area contributed by atoms with E-state index in [1.54, 1.807) is 0 Å². The third-order valence-corrected chi connectivity index (χ3v) is 4.23. The van der Waals surface area contributed by atoms with Gasteiger partial charge in [0.15, 0.2) is 0 Å². The Kier molecular flexibility index (Phi) is 4.09. The minimum absolute atomic E-state index is 0.305. The molecule has 2 aliphatic rings. The summed E-state index contributed by atoms with van der Waals surface area (Å²) in [5, 5.41) is 16.1. The second-order valence-corrected chi connectivity index (χ2v) is 5.46. The van der Waals surface area contributed by atoms with Crippen molar-refractivity contribution in [2.75, 3.05) is 13.1 Å². The molecule has 0 aliphatic heterocycles. The van der Waals surface area contributed by atoms with Crippen molar-refractivity contribution in [1.29, 1.82) is 0 Å². The summed E-state index contributed by atoms with van der Waals surface area (Å²) < 4.78 is 0. The van der Waals surface area contributed by atoms with Gasteiger partial charge in [-0.3, -0.25) is 4.79 Å². The predicted molar refractivity (Wildman–Crippen MR) is 67.1 cm³/mol. The van der Waals surface area contributed by atoms with Crippen molar-refractivity contribution in [3.63, 3.8) is 0 Å². The number of aliphatic carboxylic acids is 1. The molecule has 100 valence electrons. The number of carboxylic acid groups (broad SMARTS) is 1. The molecule has 2 atom stereocenters. The lowest BCUT2D eigenvalue weighted by molar-refractivity contribution is -0.147. The average Bonchev–Trinajstić information content (AvgIpc) is 3.19. The van der Waals surface area contributed by atoms with Gasteiger partial charge in [0.05, 0.1) is 0 Å². The molecule has 2 fully saturated rings. The van der Waals surface area contributed by atoms with Gasteiger partial charge in [0, 0.05) is 18.0 Å². The van der Waals surface area contributed by atoms with Crippen LogP contribution in [0.4, 0.5) is 0 Å². The highest BCUT2D eigenvalue weighted by Gasteiger charge is 2.46. The molecule has 18 heavy (non-hydrogen) atoms. The van der Waals surface area contributed by atoms with E-state index in [4.69, 9.17) is 5.53 Å². The fourth-order valence-corrected chi connectivity index (χ4v) is 3.11. The van der Waals surface area contributed by atoms with Crippen LogP contribution >= 0.6 is 0 Å². The summed E-state index contributed by atoms with van der Waals surface area (Å²) in [4.78, 5) is 14.2. The van der Waals surface area contributed by atoms with Gasteiger partial charge in [-0.1, -0.05) is 18.0 Å². The zero-order valence-electron chi connectivity index (χ0n) is 10.5. The Morgan fingerprint density at radius 1 is 1.44 bits per heavy atom. The summed E-state index contributed by atoms with van der Waals surface area (Å²) in [6.45, 7) is 0.743.